The molecule has 1 aromatic carbocycles. The van der Waals surface area contributed by atoms with Crippen LogP contribution in [-0.2, 0) is 17.9 Å². The lowest BCUT2D eigenvalue weighted by molar-refractivity contribution is -0.118. The first-order chi connectivity index (χ1) is 15.5. The first-order valence-corrected chi connectivity index (χ1v) is 11.2. The lowest BCUT2D eigenvalue weighted by Gasteiger charge is -2.29. The molecule has 4 rings (SSSR count). The Hall–Kier alpha value is -3.30. The monoisotopic (exact) mass is 430 g/mol. The van der Waals surface area contributed by atoms with E-state index in [1.165, 1.54) is 18.4 Å². The maximum Gasteiger partial charge on any atom is 0.239 e. The van der Waals surface area contributed by atoms with E-state index in [4.69, 9.17) is 4.42 Å². The molecule has 0 aliphatic heterocycles. The second-order valence-electron chi connectivity index (χ2n) is 8.73. The summed E-state index contributed by atoms with van der Waals surface area (Å²) in [6.45, 7) is 7.56. The van der Waals surface area contributed by atoms with E-state index in [9.17, 15) is 10.1 Å². The van der Waals surface area contributed by atoms with E-state index in [0.717, 1.165) is 23.6 Å². The molecule has 1 aliphatic rings. The van der Waals surface area contributed by atoms with Gasteiger partial charge < -0.3 is 14.3 Å². The van der Waals surface area contributed by atoms with Crippen LogP contribution in [-0.4, -0.2) is 28.0 Å². The molecular formula is C26H30N4O2. The Morgan fingerprint density at radius 3 is 2.62 bits per heavy atom. The van der Waals surface area contributed by atoms with Gasteiger partial charge in [0.05, 0.1) is 24.9 Å². The molecule has 0 radical (unpaired) electrons. The first kappa shape index (κ1) is 21.9. The predicted molar refractivity (Wildman–Crippen MR) is 124 cm³/mol. The van der Waals surface area contributed by atoms with Crippen molar-refractivity contribution in [1.29, 1.82) is 5.26 Å². The molecule has 166 valence electrons. The molecule has 1 amide bonds. The van der Waals surface area contributed by atoms with E-state index in [-0.39, 0.29) is 12.5 Å². The summed E-state index contributed by atoms with van der Waals surface area (Å²) >= 11 is 0. The average Bonchev–Trinajstić information content (AvgIpc) is 3.47. The molecular weight excluding hydrogens is 400 g/mol. The van der Waals surface area contributed by atoms with Gasteiger partial charge in [0, 0.05) is 18.3 Å². The molecule has 3 aromatic rings. The van der Waals surface area contributed by atoms with Gasteiger partial charge in [-0.3, -0.25) is 9.69 Å². The van der Waals surface area contributed by atoms with Gasteiger partial charge in [0.25, 0.3) is 0 Å². The summed E-state index contributed by atoms with van der Waals surface area (Å²) in [6, 6.07) is 16.6. The lowest BCUT2D eigenvalue weighted by atomic mass is 10.1. The Kier molecular flexibility index (Phi) is 6.48. The number of nitriles is 1. The molecule has 1 aliphatic carbocycles. The van der Waals surface area contributed by atoms with Gasteiger partial charge in [0.2, 0.25) is 5.91 Å². The second kappa shape index (κ2) is 9.46. The number of nitrogens with zero attached hydrogens (tertiary/aromatic N) is 3. The molecule has 0 saturated heterocycles. The third-order valence-corrected chi connectivity index (χ3v) is 6.55. The summed E-state index contributed by atoms with van der Waals surface area (Å²) < 4.78 is 7.46. The maximum absolute atomic E-state index is 13.2. The van der Waals surface area contributed by atoms with Crippen molar-refractivity contribution >= 4 is 11.7 Å². The number of nitrogens with one attached hydrogen (secondary N) is 1. The van der Waals surface area contributed by atoms with Gasteiger partial charge in [0.15, 0.2) is 0 Å². The zero-order valence-electron chi connectivity index (χ0n) is 19.0. The van der Waals surface area contributed by atoms with E-state index >= 15 is 0 Å². The number of hydrogen-bond acceptors (Lipinski definition) is 4. The van der Waals surface area contributed by atoms with Crippen LogP contribution >= 0.6 is 0 Å². The zero-order valence-corrected chi connectivity index (χ0v) is 19.0. The minimum atomic E-state index is -0.108. The van der Waals surface area contributed by atoms with Crippen molar-refractivity contribution in [3.05, 3.63) is 76.9 Å². The van der Waals surface area contributed by atoms with E-state index in [2.05, 4.69) is 35.3 Å². The molecule has 0 spiro atoms. The van der Waals surface area contributed by atoms with Crippen LogP contribution in [0.3, 0.4) is 0 Å². The zero-order chi connectivity index (χ0) is 22.7. The van der Waals surface area contributed by atoms with Gasteiger partial charge in [-0.15, -0.1) is 0 Å². The number of hydrogen-bond donors (Lipinski definition) is 1. The Morgan fingerprint density at radius 1 is 1.25 bits per heavy atom. The third-order valence-electron chi connectivity index (χ3n) is 6.55. The van der Waals surface area contributed by atoms with Gasteiger partial charge in [-0.25, -0.2) is 0 Å². The fraction of sp³-hybridized carbons (Fsp3) is 0.385. The molecule has 1 N–H and O–H groups in total. The smallest absolute Gasteiger partial charge is 0.239 e. The Bertz CT molecular complexity index is 1110. The number of anilines is 1. The summed E-state index contributed by atoms with van der Waals surface area (Å²) in [5.41, 5.74) is 3.52. The van der Waals surface area contributed by atoms with Crippen molar-refractivity contribution in [2.24, 2.45) is 5.92 Å². The number of rotatable bonds is 9. The standard InChI is InChI=1S/C26H30N4O2/c1-18-19(2)30(16-23-10-7-13-32-23)26(24(18)14-27)28-25(31)17-29(20(3)22-11-12-22)15-21-8-5-4-6-9-21/h4-10,13,20,22H,11-12,15-17H2,1-3H3,(H,28,31). The normalized spacial score (nSPS) is 14.3. The van der Waals surface area contributed by atoms with Crippen LogP contribution in [0.1, 0.15) is 47.9 Å². The number of carbonyl (C=O) groups is 1. The molecule has 2 heterocycles. The molecule has 1 unspecified atom stereocenters. The summed E-state index contributed by atoms with van der Waals surface area (Å²) in [7, 11) is 0. The highest BCUT2D eigenvalue weighted by Crippen LogP contribution is 2.35. The summed E-state index contributed by atoms with van der Waals surface area (Å²) in [4.78, 5) is 15.4. The Balaban J connectivity index is 1.55. The number of aromatic nitrogens is 1. The van der Waals surface area contributed by atoms with Crippen molar-refractivity contribution in [2.45, 2.75) is 52.7 Å². The van der Waals surface area contributed by atoms with E-state index < -0.39 is 0 Å². The van der Waals surface area contributed by atoms with Gasteiger partial charge in [-0.1, -0.05) is 30.3 Å². The lowest BCUT2D eigenvalue weighted by Crippen LogP contribution is -2.40. The highest BCUT2D eigenvalue weighted by molar-refractivity contribution is 5.93. The van der Waals surface area contributed by atoms with E-state index in [0.29, 0.717) is 29.9 Å². The number of benzene rings is 1. The van der Waals surface area contributed by atoms with Crippen LogP contribution in [0, 0.1) is 31.1 Å². The highest BCUT2D eigenvalue weighted by Gasteiger charge is 2.33. The molecule has 1 saturated carbocycles. The molecule has 2 aromatic heterocycles. The number of carbonyl (C=O) groups excluding carboxylic acids is 1. The fourth-order valence-corrected chi connectivity index (χ4v) is 4.28. The van der Waals surface area contributed by atoms with Crippen molar-refractivity contribution in [3.8, 4) is 6.07 Å². The summed E-state index contributed by atoms with van der Waals surface area (Å²) in [5.74, 6) is 1.86. The molecule has 6 heteroatoms. The Labute approximate surface area is 189 Å². The number of furan rings is 1. The predicted octanol–water partition coefficient (Wildman–Crippen LogP) is 4.86. The largest absolute Gasteiger partial charge is 0.467 e. The quantitative estimate of drug-likeness (QED) is 0.526. The molecule has 0 bridgehead atoms. The van der Waals surface area contributed by atoms with Gasteiger partial charge in [0.1, 0.15) is 17.6 Å². The fourth-order valence-electron chi connectivity index (χ4n) is 4.28. The maximum atomic E-state index is 13.2. The van der Waals surface area contributed by atoms with Gasteiger partial charge >= 0.3 is 0 Å². The van der Waals surface area contributed by atoms with Crippen molar-refractivity contribution in [2.75, 3.05) is 11.9 Å². The third kappa shape index (κ3) is 4.79. The van der Waals surface area contributed by atoms with Crippen LogP contribution in [0.2, 0.25) is 0 Å². The van der Waals surface area contributed by atoms with Crippen LogP contribution in [0.4, 0.5) is 5.82 Å². The first-order valence-electron chi connectivity index (χ1n) is 11.2. The highest BCUT2D eigenvalue weighted by atomic mass is 16.3. The number of amides is 1. The molecule has 1 atom stereocenters. The van der Waals surface area contributed by atoms with Crippen molar-refractivity contribution < 1.29 is 9.21 Å². The van der Waals surface area contributed by atoms with Crippen molar-refractivity contribution in [3.63, 3.8) is 0 Å². The molecule has 32 heavy (non-hydrogen) atoms. The van der Waals surface area contributed by atoms with Crippen LogP contribution in [0.5, 0.6) is 0 Å². The SMILES string of the molecule is Cc1c(C#N)c(NC(=O)CN(Cc2ccccc2)C(C)C2CC2)n(Cc2ccco2)c1C. The van der Waals surface area contributed by atoms with Crippen LogP contribution in [0.25, 0.3) is 0 Å². The van der Waals surface area contributed by atoms with E-state index in [1.54, 1.807) is 6.26 Å². The summed E-state index contributed by atoms with van der Waals surface area (Å²) in [5, 5.41) is 12.8. The van der Waals surface area contributed by atoms with Gasteiger partial charge in [-0.05, 0) is 62.8 Å². The van der Waals surface area contributed by atoms with Gasteiger partial charge in [-0.2, -0.15) is 5.26 Å². The minimum absolute atomic E-state index is 0.108. The molecule has 6 nitrogen and oxygen atoms in total. The second-order valence-corrected chi connectivity index (χ2v) is 8.73. The van der Waals surface area contributed by atoms with E-state index in [1.807, 2.05) is 48.7 Å². The van der Waals surface area contributed by atoms with Crippen LogP contribution in [0.15, 0.2) is 53.1 Å². The van der Waals surface area contributed by atoms with Crippen molar-refractivity contribution in [1.82, 2.24) is 9.47 Å². The van der Waals surface area contributed by atoms with Crippen LogP contribution < -0.4 is 5.32 Å². The minimum Gasteiger partial charge on any atom is -0.467 e. The Morgan fingerprint density at radius 2 is 2.00 bits per heavy atom. The average molecular weight is 431 g/mol. The molecule has 1 fully saturated rings. The summed E-state index contributed by atoms with van der Waals surface area (Å²) in [6.07, 6.45) is 4.07. The topological polar surface area (TPSA) is 74.2 Å².